The molecule has 0 unspecified atom stereocenters. The van der Waals surface area contributed by atoms with Crippen molar-refractivity contribution in [2.75, 3.05) is 27.2 Å². The molecule has 0 fully saturated rings. The maximum Gasteiger partial charge on any atom is 0.0788 e. The van der Waals surface area contributed by atoms with Crippen molar-refractivity contribution < 1.29 is 5.11 Å². The monoisotopic (exact) mass is 134 g/mol. The van der Waals surface area contributed by atoms with Crippen LogP contribution in [0, 0.1) is 0 Å². The van der Waals surface area contributed by atoms with Crippen molar-refractivity contribution in [1.82, 2.24) is 10.6 Å². The molecule has 0 saturated carbocycles. The summed E-state index contributed by atoms with van der Waals surface area (Å²) in [5, 5.41) is 14.6. The van der Waals surface area contributed by atoms with Crippen molar-refractivity contribution >= 4 is 0 Å². The van der Waals surface area contributed by atoms with Crippen LogP contribution in [0.3, 0.4) is 0 Å². The van der Waals surface area contributed by atoms with Gasteiger partial charge in [-0.3, -0.25) is 0 Å². The number of nitrogens with one attached hydrogen (secondary N) is 2. The highest BCUT2D eigenvalue weighted by Crippen LogP contribution is 1.72. The van der Waals surface area contributed by atoms with E-state index in [0.29, 0.717) is 13.1 Å². The van der Waals surface area contributed by atoms with Gasteiger partial charge in [0.15, 0.2) is 0 Å². The van der Waals surface area contributed by atoms with Crippen LogP contribution in [-0.4, -0.2) is 38.4 Å². The molecule has 0 heterocycles. The number of rotatable bonds is 4. The molecule has 3 nitrogen and oxygen atoms in total. The second-order valence-corrected chi connectivity index (χ2v) is 1.77. The summed E-state index contributed by atoms with van der Waals surface area (Å²) in [5.74, 6) is 0. The van der Waals surface area contributed by atoms with Crippen molar-refractivity contribution in [3.05, 3.63) is 0 Å². The Morgan fingerprint density at radius 1 is 1.22 bits per heavy atom. The third kappa shape index (κ3) is 7.88. The second kappa shape index (κ2) is 7.88. The highest BCUT2D eigenvalue weighted by molar-refractivity contribution is 4.57. The van der Waals surface area contributed by atoms with Crippen LogP contribution in [0.2, 0.25) is 0 Å². The van der Waals surface area contributed by atoms with E-state index in [1.165, 1.54) is 0 Å². The highest BCUT2D eigenvalue weighted by atomic mass is 16.3. The van der Waals surface area contributed by atoms with Crippen LogP contribution < -0.4 is 10.6 Å². The maximum absolute atomic E-state index is 8.92. The first-order chi connectivity index (χ1) is 3.81. The predicted molar refractivity (Wildman–Crippen MR) is 40.6 cm³/mol. The molecule has 0 rings (SSSR count). The molecular weight excluding hydrogens is 116 g/mol. The first-order valence-corrected chi connectivity index (χ1v) is 2.78. The zero-order chi connectivity index (χ0) is 6.41. The Morgan fingerprint density at radius 3 is 1.78 bits per heavy atom. The molecular formula is C6H18N2O. The third-order valence-electron chi connectivity index (χ3n) is 0.879. The Hall–Kier alpha value is -0.120. The minimum Gasteiger partial charge on any atom is -0.390 e. The van der Waals surface area contributed by atoms with E-state index in [2.05, 4.69) is 10.6 Å². The fourth-order valence-corrected chi connectivity index (χ4v) is 0.543. The van der Waals surface area contributed by atoms with Crippen LogP contribution in [0.1, 0.15) is 7.43 Å². The molecule has 0 aromatic carbocycles. The van der Waals surface area contributed by atoms with Crippen molar-refractivity contribution in [2.24, 2.45) is 0 Å². The van der Waals surface area contributed by atoms with E-state index in [0.717, 1.165) is 0 Å². The maximum atomic E-state index is 8.92. The molecule has 0 amide bonds. The summed E-state index contributed by atoms with van der Waals surface area (Å²) in [6, 6.07) is 0. The predicted octanol–water partition coefficient (Wildman–Crippen LogP) is -0.578. The lowest BCUT2D eigenvalue weighted by Crippen LogP contribution is -2.32. The van der Waals surface area contributed by atoms with E-state index in [1.807, 2.05) is 14.1 Å². The number of hydrogen-bond acceptors (Lipinski definition) is 3. The van der Waals surface area contributed by atoms with Gasteiger partial charge in [-0.1, -0.05) is 7.43 Å². The van der Waals surface area contributed by atoms with Crippen molar-refractivity contribution in [3.8, 4) is 0 Å². The molecule has 0 bridgehead atoms. The molecule has 0 aliphatic carbocycles. The van der Waals surface area contributed by atoms with E-state index >= 15 is 0 Å². The molecule has 0 aromatic rings. The first-order valence-electron chi connectivity index (χ1n) is 2.78. The van der Waals surface area contributed by atoms with Crippen LogP contribution in [-0.2, 0) is 0 Å². The molecule has 0 aliphatic rings. The summed E-state index contributed by atoms with van der Waals surface area (Å²) in [5.41, 5.74) is 0. The summed E-state index contributed by atoms with van der Waals surface area (Å²) >= 11 is 0. The molecule has 0 aliphatic heterocycles. The Bertz CT molecular complexity index is 44.3. The third-order valence-corrected chi connectivity index (χ3v) is 0.879. The van der Waals surface area contributed by atoms with Crippen LogP contribution in [0.25, 0.3) is 0 Å². The van der Waals surface area contributed by atoms with Gasteiger partial charge in [-0.05, 0) is 14.1 Å². The Kier molecular flexibility index (Phi) is 10.2. The molecule has 3 heteroatoms. The van der Waals surface area contributed by atoms with E-state index in [1.54, 1.807) is 0 Å². The SMILES string of the molecule is C.CNCC(O)CNC. The fourth-order valence-electron chi connectivity index (χ4n) is 0.543. The second-order valence-electron chi connectivity index (χ2n) is 1.77. The first kappa shape index (κ1) is 11.6. The lowest BCUT2D eigenvalue weighted by Gasteiger charge is -2.06. The lowest BCUT2D eigenvalue weighted by molar-refractivity contribution is 0.174. The van der Waals surface area contributed by atoms with Crippen LogP contribution in [0.4, 0.5) is 0 Å². The zero-order valence-electron chi connectivity index (χ0n) is 5.44. The van der Waals surface area contributed by atoms with Crippen molar-refractivity contribution in [2.45, 2.75) is 13.5 Å². The van der Waals surface area contributed by atoms with E-state index in [-0.39, 0.29) is 13.5 Å². The largest absolute Gasteiger partial charge is 0.390 e. The number of hydrogen-bond donors (Lipinski definition) is 3. The number of likely N-dealkylation sites (N-methyl/N-ethyl adjacent to an activating group) is 2. The van der Waals surface area contributed by atoms with Crippen molar-refractivity contribution in [3.63, 3.8) is 0 Å². The van der Waals surface area contributed by atoms with Gasteiger partial charge in [-0.15, -0.1) is 0 Å². The minimum absolute atomic E-state index is 0. The van der Waals surface area contributed by atoms with Gasteiger partial charge >= 0.3 is 0 Å². The molecule has 0 aromatic heterocycles. The summed E-state index contributed by atoms with van der Waals surface area (Å²) in [7, 11) is 3.64. The summed E-state index contributed by atoms with van der Waals surface area (Å²) in [6.45, 7) is 1.31. The normalized spacial score (nSPS) is 9.33. The highest BCUT2D eigenvalue weighted by Gasteiger charge is 1.96. The summed E-state index contributed by atoms with van der Waals surface area (Å²) in [6.07, 6.45) is -0.259. The van der Waals surface area contributed by atoms with E-state index < -0.39 is 0 Å². The average Bonchev–Trinajstić information content (AvgIpc) is 1.68. The average molecular weight is 134 g/mol. The standard InChI is InChI=1S/C5H14N2O.CH4/c1-6-3-5(8)4-7-2;/h5-8H,3-4H2,1-2H3;1H4. The Balaban J connectivity index is 0. The molecule has 0 radical (unpaired) electrons. The van der Waals surface area contributed by atoms with Gasteiger partial charge in [0.25, 0.3) is 0 Å². The van der Waals surface area contributed by atoms with Gasteiger partial charge in [0.1, 0.15) is 0 Å². The van der Waals surface area contributed by atoms with Gasteiger partial charge in [0.2, 0.25) is 0 Å². The number of aliphatic hydroxyl groups excluding tert-OH is 1. The molecule has 58 valence electrons. The lowest BCUT2D eigenvalue weighted by atomic mass is 10.3. The summed E-state index contributed by atoms with van der Waals surface area (Å²) in [4.78, 5) is 0. The Labute approximate surface area is 57.5 Å². The smallest absolute Gasteiger partial charge is 0.0788 e. The van der Waals surface area contributed by atoms with E-state index in [9.17, 15) is 0 Å². The molecule has 0 spiro atoms. The van der Waals surface area contributed by atoms with Gasteiger partial charge in [0, 0.05) is 13.1 Å². The molecule has 3 N–H and O–H groups in total. The molecule has 9 heavy (non-hydrogen) atoms. The number of aliphatic hydroxyl groups is 1. The summed E-state index contributed by atoms with van der Waals surface area (Å²) < 4.78 is 0. The van der Waals surface area contributed by atoms with Gasteiger partial charge in [-0.2, -0.15) is 0 Å². The van der Waals surface area contributed by atoms with Gasteiger partial charge in [0.05, 0.1) is 6.10 Å². The van der Waals surface area contributed by atoms with Gasteiger partial charge in [-0.25, -0.2) is 0 Å². The van der Waals surface area contributed by atoms with E-state index in [4.69, 9.17) is 5.11 Å². The van der Waals surface area contributed by atoms with Crippen molar-refractivity contribution in [1.29, 1.82) is 0 Å². The zero-order valence-corrected chi connectivity index (χ0v) is 5.44. The van der Waals surface area contributed by atoms with Crippen LogP contribution >= 0.6 is 0 Å². The Morgan fingerprint density at radius 2 is 1.56 bits per heavy atom. The quantitative estimate of drug-likeness (QED) is 0.482. The van der Waals surface area contributed by atoms with Gasteiger partial charge < -0.3 is 15.7 Å². The molecule has 0 atom stereocenters. The fraction of sp³-hybridized carbons (Fsp3) is 1.00. The van der Waals surface area contributed by atoms with Crippen LogP contribution in [0.15, 0.2) is 0 Å². The van der Waals surface area contributed by atoms with Crippen LogP contribution in [0.5, 0.6) is 0 Å². The topological polar surface area (TPSA) is 44.3 Å². The molecule has 0 saturated heterocycles. The minimum atomic E-state index is -0.259.